The SMILES string of the molecule is O=C(O)C(=C1SCC(O)S1)N1C(=O)CC1Br. The van der Waals surface area contributed by atoms with Crippen LogP contribution in [0.4, 0.5) is 0 Å². The Kier molecular flexibility index (Phi) is 3.53. The fourth-order valence-electron chi connectivity index (χ4n) is 1.39. The van der Waals surface area contributed by atoms with Crippen molar-refractivity contribution in [3.63, 3.8) is 0 Å². The van der Waals surface area contributed by atoms with Crippen LogP contribution in [0.2, 0.25) is 0 Å². The number of aliphatic hydroxyl groups excluding tert-OH is 1. The van der Waals surface area contributed by atoms with Crippen molar-refractivity contribution in [2.24, 2.45) is 0 Å². The van der Waals surface area contributed by atoms with Gasteiger partial charge in [0.05, 0.1) is 10.7 Å². The highest BCUT2D eigenvalue weighted by Gasteiger charge is 2.42. The van der Waals surface area contributed by atoms with E-state index < -0.39 is 11.4 Å². The van der Waals surface area contributed by atoms with E-state index in [1.54, 1.807) is 0 Å². The van der Waals surface area contributed by atoms with Crippen LogP contribution in [0, 0.1) is 0 Å². The smallest absolute Gasteiger partial charge is 0.354 e. The van der Waals surface area contributed by atoms with Crippen molar-refractivity contribution in [3.8, 4) is 0 Å². The summed E-state index contributed by atoms with van der Waals surface area (Å²) < 4.78 is 0.498. The zero-order chi connectivity index (χ0) is 11.9. The highest BCUT2D eigenvalue weighted by atomic mass is 79.9. The number of nitrogens with zero attached hydrogens (tertiary/aromatic N) is 1. The van der Waals surface area contributed by atoms with Gasteiger partial charge in [0.25, 0.3) is 0 Å². The molecular weight excluding hydrogens is 318 g/mol. The summed E-state index contributed by atoms with van der Waals surface area (Å²) in [6.45, 7) is 0. The molecule has 8 heteroatoms. The molecule has 0 bridgehead atoms. The second-order valence-electron chi connectivity index (χ2n) is 3.23. The summed E-state index contributed by atoms with van der Waals surface area (Å²) in [6.07, 6.45) is 0.307. The number of carboxylic acids is 1. The largest absolute Gasteiger partial charge is 0.477 e. The third-order valence-corrected chi connectivity index (χ3v) is 5.50. The first-order chi connectivity index (χ1) is 7.50. The van der Waals surface area contributed by atoms with Gasteiger partial charge in [-0.2, -0.15) is 0 Å². The Morgan fingerprint density at radius 3 is 2.62 bits per heavy atom. The minimum absolute atomic E-state index is 0.0234. The quantitative estimate of drug-likeness (QED) is 0.341. The molecule has 0 saturated carbocycles. The second kappa shape index (κ2) is 4.59. The van der Waals surface area contributed by atoms with Crippen molar-refractivity contribution in [2.45, 2.75) is 16.8 Å². The van der Waals surface area contributed by atoms with E-state index in [1.807, 2.05) is 0 Å². The van der Waals surface area contributed by atoms with Crippen molar-refractivity contribution in [1.82, 2.24) is 4.90 Å². The molecule has 88 valence electrons. The number of carboxylic acid groups (broad SMARTS) is 1. The Hall–Kier alpha value is -0.180. The van der Waals surface area contributed by atoms with Gasteiger partial charge in [0.2, 0.25) is 5.91 Å². The highest BCUT2D eigenvalue weighted by Crippen LogP contribution is 2.45. The molecule has 0 radical (unpaired) electrons. The van der Waals surface area contributed by atoms with Crippen LogP contribution >= 0.6 is 39.5 Å². The van der Waals surface area contributed by atoms with Gasteiger partial charge < -0.3 is 10.2 Å². The number of hydrogen-bond acceptors (Lipinski definition) is 5. The molecular formula is C8H8BrNO4S2. The summed E-state index contributed by atoms with van der Waals surface area (Å²) in [6, 6.07) is 0. The van der Waals surface area contributed by atoms with Crippen LogP contribution in [0.3, 0.4) is 0 Å². The fraction of sp³-hybridized carbons (Fsp3) is 0.500. The molecule has 2 aliphatic heterocycles. The molecule has 2 atom stereocenters. The third-order valence-electron chi connectivity index (χ3n) is 2.13. The molecule has 0 aliphatic carbocycles. The number of alkyl halides is 1. The molecule has 2 rings (SSSR count). The van der Waals surface area contributed by atoms with Crippen LogP contribution in [0.25, 0.3) is 0 Å². The standard InChI is InChI=1S/C8H8BrNO4S2/c9-3-1-4(11)10(3)6(7(13)14)8-15-2-5(12)16-8/h3,5,12H,1-2H2,(H,13,14). The van der Waals surface area contributed by atoms with Crippen molar-refractivity contribution >= 4 is 51.3 Å². The number of aliphatic carboxylic acids is 1. The van der Waals surface area contributed by atoms with Gasteiger partial charge in [-0.1, -0.05) is 27.7 Å². The van der Waals surface area contributed by atoms with Crippen LogP contribution in [0.15, 0.2) is 9.93 Å². The van der Waals surface area contributed by atoms with Gasteiger partial charge >= 0.3 is 5.97 Å². The number of halogens is 1. The average Bonchev–Trinajstić information content (AvgIpc) is 2.60. The van der Waals surface area contributed by atoms with Crippen LogP contribution in [0.1, 0.15) is 6.42 Å². The molecule has 2 fully saturated rings. The maximum Gasteiger partial charge on any atom is 0.354 e. The number of hydrogen-bond donors (Lipinski definition) is 2. The van der Waals surface area contributed by atoms with Crippen molar-refractivity contribution < 1.29 is 19.8 Å². The second-order valence-corrected chi connectivity index (χ2v) is 6.76. The van der Waals surface area contributed by atoms with Gasteiger partial charge in [-0.15, -0.1) is 11.8 Å². The number of amides is 1. The number of likely N-dealkylation sites (tertiary alicyclic amines) is 1. The van der Waals surface area contributed by atoms with Crippen LogP contribution in [-0.2, 0) is 9.59 Å². The van der Waals surface area contributed by atoms with Crippen molar-refractivity contribution in [1.29, 1.82) is 0 Å². The molecule has 0 spiro atoms. The summed E-state index contributed by atoms with van der Waals surface area (Å²) in [5, 5.41) is 18.4. The van der Waals surface area contributed by atoms with Crippen molar-refractivity contribution in [3.05, 3.63) is 9.93 Å². The number of β-lactam (4-membered cyclic amide) rings is 1. The monoisotopic (exact) mass is 325 g/mol. The van der Waals surface area contributed by atoms with Crippen LogP contribution < -0.4 is 0 Å². The number of rotatable bonds is 2. The van der Waals surface area contributed by atoms with Gasteiger partial charge in [0.1, 0.15) is 10.4 Å². The number of carbonyl (C=O) groups is 2. The number of aliphatic hydroxyl groups is 1. The number of carbonyl (C=O) groups excluding carboxylic acids is 1. The van der Waals surface area contributed by atoms with E-state index in [-0.39, 0.29) is 16.6 Å². The Bertz CT molecular complexity index is 386. The van der Waals surface area contributed by atoms with E-state index in [2.05, 4.69) is 15.9 Å². The fourth-order valence-corrected chi connectivity index (χ4v) is 4.55. The molecule has 5 nitrogen and oxygen atoms in total. The lowest BCUT2D eigenvalue weighted by Gasteiger charge is -2.37. The molecule has 0 aromatic carbocycles. The van der Waals surface area contributed by atoms with E-state index in [4.69, 9.17) is 5.11 Å². The molecule has 1 amide bonds. The molecule has 0 aromatic rings. The summed E-state index contributed by atoms with van der Waals surface area (Å²) in [5.74, 6) is -0.901. The van der Waals surface area contributed by atoms with Crippen LogP contribution in [-0.4, -0.2) is 43.1 Å². The lowest BCUT2D eigenvalue weighted by atomic mass is 10.2. The first-order valence-corrected chi connectivity index (χ1v) is 7.20. The van der Waals surface area contributed by atoms with Gasteiger partial charge in [0, 0.05) is 5.75 Å². The predicted molar refractivity (Wildman–Crippen MR) is 64.9 cm³/mol. The predicted octanol–water partition coefficient (Wildman–Crippen LogP) is 0.992. The van der Waals surface area contributed by atoms with Gasteiger partial charge in [0.15, 0.2) is 5.70 Å². The molecule has 2 N–H and O–H groups in total. The summed E-state index contributed by atoms with van der Waals surface area (Å²) in [4.78, 5) is 23.4. The van der Waals surface area contributed by atoms with Crippen molar-refractivity contribution in [2.75, 3.05) is 5.75 Å². The first kappa shape index (κ1) is 12.3. The normalized spacial score (nSPS) is 32.6. The Morgan fingerprint density at radius 1 is 1.56 bits per heavy atom. The van der Waals surface area contributed by atoms with Gasteiger partial charge in [-0.3, -0.25) is 9.69 Å². The lowest BCUT2D eigenvalue weighted by Crippen LogP contribution is -2.50. The third kappa shape index (κ3) is 2.11. The number of thioether (sulfide) groups is 2. The summed E-state index contributed by atoms with van der Waals surface area (Å²) in [7, 11) is 0. The zero-order valence-electron chi connectivity index (χ0n) is 7.92. The van der Waals surface area contributed by atoms with Crippen LogP contribution in [0.5, 0.6) is 0 Å². The Labute approximate surface area is 108 Å². The van der Waals surface area contributed by atoms with E-state index in [0.717, 1.165) is 11.8 Å². The molecule has 2 heterocycles. The maximum atomic E-state index is 11.3. The summed E-state index contributed by atoms with van der Waals surface area (Å²) >= 11 is 5.58. The van der Waals surface area contributed by atoms with Gasteiger partial charge in [-0.25, -0.2) is 4.79 Å². The maximum absolute atomic E-state index is 11.3. The molecule has 2 unspecified atom stereocenters. The Balaban J connectivity index is 2.30. The zero-order valence-corrected chi connectivity index (χ0v) is 11.1. The van der Waals surface area contributed by atoms with E-state index in [0.29, 0.717) is 16.4 Å². The first-order valence-electron chi connectivity index (χ1n) is 4.42. The summed E-state index contributed by atoms with van der Waals surface area (Å²) in [5.41, 5.74) is -0.621. The average molecular weight is 326 g/mol. The van der Waals surface area contributed by atoms with E-state index >= 15 is 0 Å². The molecule has 2 aliphatic rings. The topological polar surface area (TPSA) is 77.8 Å². The minimum Gasteiger partial charge on any atom is -0.477 e. The minimum atomic E-state index is -1.14. The van der Waals surface area contributed by atoms with E-state index in [1.165, 1.54) is 16.7 Å². The molecule has 0 aromatic heterocycles. The molecule has 2 saturated heterocycles. The van der Waals surface area contributed by atoms with E-state index in [9.17, 15) is 14.7 Å². The Morgan fingerprint density at radius 2 is 2.25 bits per heavy atom. The molecule has 16 heavy (non-hydrogen) atoms. The van der Waals surface area contributed by atoms with Gasteiger partial charge in [-0.05, 0) is 0 Å². The lowest BCUT2D eigenvalue weighted by molar-refractivity contribution is -0.145. The highest BCUT2D eigenvalue weighted by molar-refractivity contribution is 9.09.